The van der Waals surface area contributed by atoms with Crippen molar-refractivity contribution < 1.29 is 27.7 Å². The molecule has 1 atom stereocenters. The fourth-order valence-electron chi connectivity index (χ4n) is 2.79. The Bertz CT molecular complexity index is 1250. The first-order valence-electron chi connectivity index (χ1n) is 10.7. The molecule has 3 rings (SSSR count). The van der Waals surface area contributed by atoms with Crippen LogP contribution in [0.1, 0.15) is 26.5 Å². The van der Waals surface area contributed by atoms with Crippen LogP contribution in [0.2, 0.25) is 5.02 Å². The zero-order chi connectivity index (χ0) is 25.6. The molecule has 0 radical (unpaired) electrons. The van der Waals surface area contributed by atoms with E-state index in [1.54, 1.807) is 36.4 Å². The van der Waals surface area contributed by atoms with Gasteiger partial charge >= 0.3 is 0 Å². The molecule has 188 valence electrons. The van der Waals surface area contributed by atoms with Gasteiger partial charge in [-0.2, -0.15) is 0 Å². The number of sulfonamides is 1. The van der Waals surface area contributed by atoms with Crippen molar-refractivity contribution in [1.82, 2.24) is 9.97 Å². The molecule has 2 aromatic carbocycles. The molecule has 1 unspecified atom stereocenters. The second-order valence-corrected chi connectivity index (χ2v) is 10.8. The van der Waals surface area contributed by atoms with Crippen LogP contribution >= 0.6 is 11.6 Å². The zero-order valence-electron chi connectivity index (χ0n) is 19.9. The number of anilines is 1. The van der Waals surface area contributed by atoms with Crippen LogP contribution in [-0.4, -0.2) is 43.3 Å². The normalized spacial score (nSPS) is 12.7. The molecular weight excluding hydrogens is 494 g/mol. The van der Waals surface area contributed by atoms with Crippen molar-refractivity contribution in [3.63, 3.8) is 0 Å². The number of methoxy groups -OCH3 is 1. The van der Waals surface area contributed by atoms with Crippen LogP contribution in [0.25, 0.3) is 0 Å². The van der Waals surface area contributed by atoms with Crippen molar-refractivity contribution in [3.8, 4) is 17.2 Å². The molecule has 0 saturated carbocycles. The number of benzene rings is 2. The van der Waals surface area contributed by atoms with Crippen molar-refractivity contribution >= 4 is 27.4 Å². The lowest BCUT2D eigenvalue weighted by molar-refractivity contribution is -0.0269. The van der Waals surface area contributed by atoms with Gasteiger partial charge in [0, 0.05) is 6.07 Å². The molecular formula is C24H28ClN3O6S. The first-order chi connectivity index (χ1) is 16.5. The largest absolute Gasteiger partial charge is 0.497 e. The Morgan fingerprint density at radius 2 is 1.83 bits per heavy atom. The highest BCUT2D eigenvalue weighted by atomic mass is 35.5. The summed E-state index contributed by atoms with van der Waals surface area (Å²) in [5.41, 5.74) is -0.124. The molecule has 1 aromatic heterocycles. The minimum atomic E-state index is -3.98. The number of halogens is 1. The van der Waals surface area contributed by atoms with Gasteiger partial charge in [-0.1, -0.05) is 50.6 Å². The molecule has 0 aliphatic heterocycles. The topological polar surface area (TPSA) is 120 Å². The number of hydrogen-bond donors (Lipinski definition) is 2. The van der Waals surface area contributed by atoms with E-state index in [9.17, 15) is 13.5 Å². The number of nitrogens with one attached hydrogen (secondary N) is 1. The maximum atomic E-state index is 13.0. The molecule has 0 aliphatic rings. The van der Waals surface area contributed by atoms with Gasteiger partial charge in [-0.25, -0.2) is 18.4 Å². The second-order valence-electron chi connectivity index (χ2n) is 8.71. The number of rotatable bonds is 10. The van der Waals surface area contributed by atoms with E-state index in [2.05, 4.69) is 14.7 Å². The second kappa shape index (κ2) is 11.2. The smallest absolute Gasteiger partial charge is 0.263 e. The van der Waals surface area contributed by atoms with Crippen LogP contribution in [0.5, 0.6) is 17.2 Å². The van der Waals surface area contributed by atoms with Crippen molar-refractivity contribution in [1.29, 1.82) is 0 Å². The van der Waals surface area contributed by atoms with Crippen LogP contribution < -0.4 is 14.2 Å². The molecule has 0 bridgehead atoms. The molecule has 2 N–H and O–H groups in total. The van der Waals surface area contributed by atoms with Gasteiger partial charge in [-0.05, 0) is 29.7 Å². The summed E-state index contributed by atoms with van der Waals surface area (Å²) >= 11 is 6.31. The summed E-state index contributed by atoms with van der Waals surface area (Å²) in [5.74, 6) is 0.598. The minimum Gasteiger partial charge on any atom is -0.497 e. The van der Waals surface area contributed by atoms with Gasteiger partial charge in [0.25, 0.3) is 10.0 Å². The van der Waals surface area contributed by atoms with Gasteiger partial charge in [-0.15, -0.1) is 0 Å². The molecule has 0 amide bonds. The van der Waals surface area contributed by atoms with Crippen LogP contribution in [0, 0.1) is 5.41 Å². The van der Waals surface area contributed by atoms with E-state index in [4.69, 9.17) is 25.8 Å². The van der Waals surface area contributed by atoms with Gasteiger partial charge in [0.1, 0.15) is 23.5 Å². The lowest BCUT2D eigenvalue weighted by Gasteiger charge is -2.25. The summed E-state index contributed by atoms with van der Waals surface area (Å²) in [5, 5.41) is 10.5. The highest BCUT2D eigenvalue weighted by Crippen LogP contribution is 2.37. The Morgan fingerprint density at radius 3 is 2.49 bits per heavy atom. The van der Waals surface area contributed by atoms with Crippen molar-refractivity contribution in [2.45, 2.75) is 38.4 Å². The number of aliphatic hydroxyl groups is 1. The molecule has 35 heavy (non-hydrogen) atoms. The predicted molar refractivity (Wildman–Crippen MR) is 132 cm³/mol. The van der Waals surface area contributed by atoms with E-state index < -0.39 is 16.1 Å². The van der Waals surface area contributed by atoms with Gasteiger partial charge in [0.15, 0.2) is 11.6 Å². The summed E-state index contributed by atoms with van der Waals surface area (Å²) in [4.78, 5) is 8.36. The fraction of sp³-hybridized carbons (Fsp3) is 0.333. The van der Waals surface area contributed by atoms with E-state index in [0.29, 0.717) is 5.75 Å². The van der Waals surface area contributed by atoms with E-state index in [1.807, 2.05) is 20.8 Å². The lowest BCUT2D eigenvalue weighted by Crippen LogP contribution is -2.30. The van der Waals surface area contributed by atoms with Crippen molar-refractivity contribution in [2.24, 2.45) is 5.41 Å². The third-order valence-corrected chi connectivity index (χ3v) is 6.69. The highest BCUT2D eigenvalue weighted by molar-refractivity contribution is 7.92. The maximum absolute atomic E-state index is 13.0. The Hall–Kier alpha value is -2.92. The van der Waals surface area contributed by atoms with Gasteiger partial charge < -0.3 is 19.3 Å². The summed E-state index contributed by atoms with van der Waals surface area (Å²) in [7, 11) is -2.48. The lowest BCUT2D eigenvalue weighted by atomic mass is 9.90. The predicted octanol–water partition coefficient (Wildman–Crippen LogP) is 4.66. The van der Waals surface area contributed by atoms with Crippen LogP contribution in [-0.2, 0) is 21.4 Å². The van der Waals surface area contributed by atoms with Gasteiger partial charge in [0.2, 0.25) is 0 Å². The molecule has 9 nitrogen and oxygen atoms in total. The molecule has 0 saturated heterocycles. The molecule has 0 spiro atoms. The van der Waals surface area contributed by atoms with Crippen LogP contribution in [0.15, 0.2) is 59.8 Å². The van der Waals surface area contributed by atoms with E-state index in [-0.39, 0.29) is 51.6 Å². The van der Waals surface area contributed by atoms with E-state index in [0.717, 1.165) is 0 Å². The zero-order valence-corrected chi connectivity index (χ0v) is 21.4. The average molecular weight is 522 g/mol. The number of nitrogens with zero attached hydrogens (tertiary/aromatic N) is 2. The quantitative estimate of drug-likeness (QED) is 0.395. The first-order valence-corrected chi connectivity index (χ1v) is 12.6. The maximum Gasteiger partial charge on any atom is 0.263 e. The average Bonchev–Trinajstić information content (AvgIpc) is 2.81. The summed E-state index contributed by atoms with van der Waals surface area (Å²) in [6, 6.07) is 12.7. The Labute approximate surface area is 210 Å². The first kappa shape index (κ1) is 26.7. The monoisotopic (exact) mass is 521 g/mol. The van der Waals surface area contributed by atoms with Gasteiger partial charge in [0.05, 0.1) is 36.3 Å². The fourth-order valence-corrected chi connectivity index (χ4v) is 3.98. The van der Waals surface area contributed by atoms with Crippen molar-refractivity contribution in [2.75, 3.05) is 18.4 Å². The molecule has 0 fully saturated rings. The Kier molecular flexibility index (Phi) is 8.55. The molecule has 0 aliphatic carbocycles. The summed E-state index contributed by atoms with van der Waals surface area (Å²) < 4.78 is 45.3. The minimum absolute atomic E-state index is 0.00686. The summed E-state index contributed by atoms with van der Waals surface area (Å²) in [6.45, 7) is 5.63. The SMILES string of the molecule is COc1ccc(Cl)c(Oc2c(COCC(O)C(C)(C)C)ncnc2NS(=O)(=O)c2ccccc2)c1. The third kappa shape index (κ3) is 7.04. The molecule has 1 heterocycles. The summed E-state index contributed by atoms with van der Waals surface area (Å²) in [6.07, 6.45) is 0.472. The molecule has 3 aromatic rings. The Balaban J connectivity index is 1.97. The van der Waals surface area contributed by atoms with Gasteiger partial charge in [-0.3, -0.25) is 4.72 Å². The van der Waals surface area contributed by atoms with Crippen LogP contribution in [0.3, 0.4) is 0 Å². The third-order valence-electron chi connectivity index (χ3n) is 5.03. The standard InChI is InChI=1S/C24H28ClN3O6S/c1-24(2,3)21(29)14-33-13-19-22(34-20-12-16(32-4)10-11-18(20)25)23(27-15-26-19)28-35(30,31)17-8-6-5-7-9-17/h5-12,15,21,29H,13-14H2,1-4H3,(H,26,27,28). The number of aliphatic hydroxyl groups excluding tert-OH is 1. The highest BCUT2D eigenvalue weighted by Gasteiger charge is 2.24. The number of aromatic nitrogens is 2. The van der Waals surface area contributed by atoms with Crippen molar-refractivity contribution in [3.05, 3.63) is 65.6 Å². The van der Waals surface area contributed by atoms with E-state index in [1.165, 1.54) is 25.6 Å². The number of ether oxygens (including phenoxy) is 3. The molecule has 11 heteroatoms. The Morgan fingerprint density at radius 1 is 1.11 bits per heavy atom. The van der Waals surface area contributed by atoms with E-state index >= 15 is 0 Å². The van der Waals surface area contributed by atoms with Crippen LogP contribution in [0.4, 0.5) is 5.82 Å². The number of hydrogen-bond acceptors (Lipinski definition) is 8.